The second kappa shape index (κ2) is 5.77. The van der Waals surface area contributed by atoms with Crippen LogP contribution in [-0.4, -0.2) is 41.9 Å². The standard InChI is InChI=1S/C16H20N2O3/c1-12-10-14(21-13(12)2)11-17-5-7-18(8-6-17)16(19)15-4-3-9-20-15/h3-4,9-10H,5-8,11H2,1-2H3. The zero-order valence-corrected chi connectivity index (χ0v) is 12.5. The zero-order valence-electron chi connectivity index (χ0n) is 12.5. The summed E-state index contributed by atoms with van der Waals surface area (Å²) >= 11 is 0. The van der Waals surface area contributed by atoms with Gasteiger partial charge in [-0.05, 0) is 37.6 Å². The van der Waals surface area contributed by atoms with Crippen LogP contribution in [-0.2, 0) is 6.54 Å². The van der Waals surface area contributed by atoms with Crippen molar-refractivity contribution in [2.45, 2.75) is 20.4 Å². The van der Waals surface area contributed by atoms with E-state index in [1.54, 1.807) is 12.1 Å². The molecule has 1 fully saturated rings. The van der Waals surface area contributed by atoms with Crippen molar-refractivity contribution in [2.24, 2.45) is 0 Å². The maximum absolute atomic E-state index is 12.2. The number of carbonyl (C=O) groups is 1. The minimum absolute atomic E-state index is 0.0238. The summed E-state index contributed by atoms with van der Waals surface area (Å²) in [6, 6.07) is 5.55. The third-order valence-corrected chi connectivity index (χ3v) is 3.99. The van der Waals surface area contributed by atoms with Crippen LogP contribution in [0.15, 0.2) is 33.3 Å². The second-order valence-electron chi connectivity index (χ2n) is 5.50. The number of piperazine rings is 1. The number of furan rings is 2. The summed E-state index contributed by atoms with van der Waals surface area (Å²) in [6.07, 6.45) is 1.53. The van der Waals surface area contributed by atoms with Crippen LogP contribution in [0.4, 0.5) is 0 Å². The molecule has 0 bridgehead atoms. The molecule has 0 unspecified atom stereocenters. The average molecular weight is 288 g/mol. The van der Waals surface area contributed by atoms with Crippen molar-refractivity contribution >= 4 is 5.91 Å². The molecule has 112 valence electrons. The third-order valence-electron chi connectivity index (χ3n) is 3.99. The van der Waals surface area contributed by atoms with E-state index >= 15 is 0 Å². The minimum Gasteiger partial charge on any atom is -0.465 e. The van der Waals surface area contributed by atoms with Gasteiger partial charge < -0.3 is 13.7 Å². The molecule has 21 heavy (non-hydrogen) atoms. The van der Waals surface area contributed by atoms with Gasteiger partial charge in [-0.15, -0.1) is 0 Å². The van der Waals surface area contributed by atoms with Crippen molar-refractivity contribution < 1.29 is 13.6 Å². The number of hydrogen-bond donors (Lipinski definition) is 0. The highest BCUT2D eigenvalue weighted by Crippen LogP contribution is 2.16. The van der Waals surface area contributed by atoms with Crippen LogP contribution in [0.3, 0.4) is 0 Å². The van der Waals surface area contributed by atoms with Gasteiger partial charge in [0.2, 0.25) is 0 Å². The highest BCUT2D eigenvalue weighted by atomic mass is 16.3. The predicted octanol–water partition coefficient (Wildman–Crippen LogP) is 2.45. The van der Waals surface area contributed by atoms with E-state index in [4.69, 9.17) is 8.83 Å². The van der Waals surface area contributed by atoms with Crippen LogP contribution in [0.5, 0.6) is 0 Å². The van der Waals surface area contributed by atoms with E-state index in [1.165, 1.54) is 11.8 Å². The summed E-state index contributed by atoms with van der Waals surface area (Å²) in [4.78, 5) is 16.3. The summed E-state index contributed by atoms with van der Waals surface area (Å²) in [5, 5.41) is 0. The second-order valence-corrected chi connectivity index (χ2v) is 5.50. The Morgan fingerprint density at radius 1 is 1.24 bits per heavy atom. The number of amides is 1. The van der Waals surface area contributed by atoms with Gasteiger partial charge in [-0.3, -0.25) is 9.69 Å². The van der Waals surface area contributed by atoms with Crippen LogP contribution >= 0.6 is 0 Å². The number of carbonyl (C=O) groups excluding carboxylic acids is 1. The minimum atomic E-state index is -0.0238. The summed E-state index contributed by atoms with van der Waals surface area (Å²) in [5.41, 5.74) is 1.19. The Morgan fingerprint density at radius 2 is 2.00 bits per heavy atom. The SMILES string of the molecule is Cc1cc(CN2CCN(C(=O)c3ccco3)CC2)oc1C. The van der Waals surface area contributed by atoms with Gasteiger partial charge in [-0.2, -0.15) is 0 Å². The Kier molecular flexibility index (Phi) is 3.84. The Bertz CT molecular complexity index is 588. The molecule has 5 nitrogen and oxygen atoms in total. The van der Waals surface area contributed by atoms with Gasteiger partial charge in [-0.25, -0.2) is 0 Å². The maximum Gasteiger partial charge on any atom is 0.289 e. The first-order valence-corrected chi connectivity index (χ1v) is 7.24. The number of nitrogens with zero attached hydrogens (tertiary/aromatic N) is 2. The highest BCUT2D eigenvalue weighted by molar-refractivity contribution is 5.91. The molecule has 5 heteroatoms. The Labute approximate surface area is 124 Å². The van der Waals surface area contributed by atoms with Crippen LogP contribution in [0.1, 0.15) is 27.6 Å². The van der Waals surface area contributed by atoms with Crippen molar-refractivity contribution in [1.82, 2.24) is 9.80 Å². The molecule has 1 aliphatic heterocycles. The molecule has 0 spiro atoms. The van der Waals surface area contributed by atoms with Gasteiger partial charge in [0.1, 0.15) is 11.5 Å². The zero-order chi connectivity index (χ0) is 14.8. The lowest BCUT2D eigenvalue weighted by Gasteiger charge is -2.33. The van der Waals surface area contributed by atoms with Crippen LogP contribution < -0.4 is 0 Å². The molecule has 1 aliphatic rings. The molecule has 3 rings (SSSR count). The summed E-state index contributed by atoms with van der Waals surface area (Å²) in [5.74, 6) is 2.37. The molecule has 3 heterocycles. The first-order chi connectivity index (χ1) is 10.1. The molecule has 0 saturated carbocycles. The molecule has 1 amide bonds. The summed E-state index contributed by atoms with van der Waals surface area (Å²) in [6.45, 7) is 7.99. The lowest BCUT2D eigenvalue weighted by Crippen LogP contribution is -2.48. The van der Waals surface area contributed by atoms with Crippen LogP contribution in [0.2, 0.25) is 0 Å². The molecular weight excluding hydrogens is 268 g/mol. The molecule has 0 atom stereocenters. The predicted molar refractivity (Wildman–Crippen MR) is 78.1 cm³/mol. The number of rotatable bonds is 3. The van der Waals surface area contributed by atoms with E-state index in [-0.39, 0.29) is 5.91 Å². The monoisotopic (exact) mass is 288 g/mol. The van der Waals surface area contributed by atoms with Crippen LogP contribution in [0, 0.1) is 13.8 Å². The van der Waals surface area contributed by atoms with E-state index in [0.717, 1.165) is 44.2 Å². The van der Waals surface area contributed by atoms with Gasteiger partial charge >= 0.3 is 0 Å². The third kappa shape index (κ3) is 3.03. The Hall–Kier alpha value is -2.01. The molecule has 0 aliphatic carbocycles. The van der Waals surface area contributed by atoms with Gasteiger partial charge in [-0.1, -0.05) is 0 Å². The van der Waals surface area contributed by atoms with Gasteiger partial charge in [0, 0.05) is 26.2 Å². The van der Waals surface area contributed by atoms with E-state index < -0.39 is 0 Å². The van der Waals surface area contributed by atoms with Crippen LogP contribution in [0.25, 0.3) is 0 Å². The van der Waals surface area contributed by atoms with E-state index in [9.17, 15) is 4.79 Å². The molecular formula is C16H20N2O3. The fraction of sp³-hybridized carbons (Fsp3) is 0.438. The lowest BCUT2D eigenvalue weighted by molar-refractivity contribution is 0.0589. The quantitative estimate of drug-likeness (QED) is 0.870. The number of aryl methyl sites for hydroxylation is 2. The van der Waals surface area contributed by atoms with Gasteiger partial charge in [0.25, 0.3) is 5.91 Å². The lowest BCUT2D eigenvalue weighted by atomic mass is 10.2. The fourth-order valence-electron chi connectivity index (χ4n) is 2.61. The topological polar surface area (TPSA) is 49.8 Å². The average Bonchev–Trinajstić information content (AvgIpc) is 3.10. The van der Waals surface area contributed by atoms with Crippen molar-refractivity contribution in [1.29, 1.82) is 0 Å². The molecule has 0 radical (unpaired) electrons. The fourth-order valence-corrected chi connectivity index (χ4v) is 2.61. The first-order valence-electron chi connectivity index (χ1n) is 7.24. The van der Waals surface area contributed by atoms with E-state index in [2.05, 4.69) is 17.9 Å². The highest BCUT2D eigenvalue weighted by Gasteiger charge is 2.24. The largest absolute Gasteiger partial charge is 0.465 e. The van der Waals surface area contributed by atoms with Crippen molar-refractivity contribution in [3.63, 3.8) is 0 Å². The Morgan fingerprint density at radius 3 is 2.57 bits per heavy atom. The summed E-state index contributed by atoms with van der Waals surface area (Å²) < 4.78 is 10.9. The van der Waals surface area contributed by atoms with E-state index in [1.807, 2.05) is 11.8 Å². The molecule has 2 aromatic rings. The normalized spacial score (nSPS) is 16.4. The molecule has 1 saturated heterocycles. The van der Waals surface area contributed by atoms with Crippen molar-refractivity contribution in [2.75, 3.05) is 26.2 Å². The molecule has 2 aromatic heterocycles. The Balaban J connectivity index is 1.54. The molecule has 0 N–H and O–H groups in total. The first kappa shape index (κ1) is 13.9. The van der Waals surface area contributed by atoms with E-state index in [0.29, 0.717) is 5.76 Å². The maximum atomic E-state index is 12.2. The summed E-state index contributed by atoms with van der Waals surface area (Å²) in [7, 11) is 0. The smallest absolute Gasteiger partial charge is 0.289 e. The van der Waals surface area contributed by atoms with Crippen molar-refractivity contribution in [3.05, 3.63) is 47.3 Å². The molecule has 0 aromatic carbocycles. The number of hydrogen-bond acceptors (Lipinski definition) is 4. The van der Waals surface area contributed by atoms with Gasteiger partial charge in [0.05, 0.1) is 12.8 Å². The van der Waals surface area contributed by atoms with Crippen molar-refractivity contribution in [3.8, 4) is 0 Å². The van der Waals surface area contributed by atoms with Gasteiger partial charge in [0.15, 0.2) is 5.76 Å².